The number of pyridine rings is 1. The molecule has 1 fully saturated rings. The van der Waals surface area contributed by atoms with Gasteiger partial charge in [-0.05, 0) is 42.7 Å². The molecule has 8 heteroatoms. The van der Waals surface area contributed by atoms with Gasteiger partial charge in [0.25, 0.3) is 5.91 Å². The molecule has 2 heterocycles. The summed E-state index contributed by atoms with van der Waals surface area (Å²) in [5, 5.41) is 2.71. The average Bonchev–Trinajstić information content (AvgIpc) is 3.17. The molecule has 2 aromatic heterocycles. The Labute approximate surface area is 174 Å². The van der Waals surface area contributed by atoms with Crippen LogP contribution in [0.2, 0.25) is 0 Å². The molecular weight excluding hydrogens is 412 g/mol. The van der Waals surface area contributed by atoms with Gasteiger partial charge in [0, 0.05) is 18.1 Å². The number of amides is 1. The monoisotopic (exact) mass is 432 g/mol. The van der Waals surface area contributed by atoms with Gasteiger partial charge in [0.15, 0.2) is 21.2 Å². The SMILES string of the molecule is O=C(NCc1ccc(S(=O)(=O)C2CCCCC2Cl)cc1)c1cc2ccncc2o1. The van der Waals surface area contributed by atoms with Crippen molar-refractivity contribution in [2.45, 2.75) is 47.8 Å². The number of nitrogens with zero attached hydrogens (tertiary/aromatic N) is 1. The summed E-state index contributed by atoms with van der Waals surface area (Å²) in [5.74, 6) is -0.136. The van der Waals surface area contributed by atoms with Crippen LogP contribution >= 0.6 is 11.6 Å². The molecule has 1 aliphatic carbocycles. The molecule has 1 aromatic carbocycles. The van der Waals surface area contributed by atoms with Crippen LogP contribution in [0.25, 0.3) is 11.0 Å². The third kappa shape index (κ3) is 4.16. The van der Waals surface area contributed by atoms with Crippen LogP contribution in [-0.2, 0) is 16.4 Å². The van der Waals surface area contributed by atoms with E-state index in [4.69, 9.17) is 16.0 Å². The molecule has 1 amide bonds. The molecule has 2 unspecified atom stereocenters. The van der Waals surface area contributed by atoms with Gasteiger partial charge in [0.2, 0.25) is 0 Å². The predicted molar refractivity (Wildman–Crippen MR) is 111 cm³/mol. The van der Waals surface area contributed by atoms with E-state index >= 15 is 0 Å². The zero-order valence-electron chi connectivity index (χ0n) is 15.7. The molecule has 2 atom stereocenters. The van der Waals surface area contributed by atoms with Gasteiger partial charge in [-0.2, -0.15) is 0 Å². The van der Waals surface area contributed by atoms with Crippen LogP contribution in [0, 0.1) is 0 Å². The molecule has 0 aliphatic heterocycles. The first kappa shape index (κ1) is 19.9. The molecule has 3 aromatic rings. The lowest BCUT2D eigenvalue weighted by Gasteiger charge is -2.26. The van der Waals surface area contributed by atoms with Gasteiger partial charge in [0.05, 0.1) is 21.7 Å². The van der Waals surface area contributed by atoms with E-state index in [1.807, 2.05) is 0 Å². The van der Waals surface area contributed by atoms with Gasteiger partial charge in [-0.25, -0.2) is 8.42 Å². The number of alkyl halides is 1. The number of aromatic nitrogens is 1. The summed E-state index contributed by atoms with van der Waals surface area (Å²) in [6.45, 7) is 0.260. The number of fused-ring (bicyclic) bond motifs is 1. The zero-order chi connectivity index (χ0) is 20.4. The summed E-state index contributed by atoms with van der Waals surface area (Å²) in [5.41, 5.74) is 1.34. The van der Waals surface area contributed by atoms with E-state index in [9.17, 15) is 13.2 Å². The number of benzene rings is 1. The Balaban J connectivity index is 1.42. The quantitative estimate of drug-likeness (QED) is 0.613. The van der Waals surface area contributed by atoms with Gasteiger partial charge >= 0.3 is 0 Å². The third-order valence-corrected chi connectivity index (χ3v) is 8.23. The van der Waals surface area contributed by atoms with Crippen molar-refractivity contribution in [3.63, 3.8) is 0 Å². The summed E-state index contributed by atoms with van der Waals surface area (Å²) < 4.78 is 31.2. The second-order valence-electron chi connectivity index (χ2n) is 7.23. The highest BCUT2D eigenvalue weighted by Crippen LogP contribution is 2.32. The third-order valence-electron chi connectivity index (χ3n) is 5.27. The lowest BCUT2D eigenvalue weighted by atomic mass is 10.00. The van der Waals surface area contributed by atoms with Crippen molar-refractivity contribution in [2.75, 3.05) is 0 Å². The number of furan rings is 1. The molecule has 6 nitrogen and oxygen atoms in total. The fraction of sp³-hybridized carbons (Fsp3) is 0.333. The molecule has 4 rings (SSSR count). The first-order valence-electron chi connectivity index (χ1n) is 9.54. The number of sulfone groups is 1. The highest BCUT2D eigenvalue weighted by atomic mass is 35.5. The number of hydrogen-bond acceptors (Lipinski definition) is 5. The summed E-state index contributed by atoms with van der Waals surface area (Å²) >= 11 is 6.28. The summed E-state index contributed by atoms with van der Waals surface area (Å²) in [6.07, 6.45) is 6.38. The van der Waals surface area contributed by atoms with Crippen molar-refractivity contribution >= 4 is 38.3 Å². The van der Waals surface area contributed by atoms with Crippen LogP contribution in [0.15, 0.2) is 58.1 Å². The maximum atomic E-state index is 12.9. The van der Waals surface area contributed by atoms with Crippen LogP contribution in [0.3, 0.4) is 0 Å². The Hall–Kier alpha value is -2.38. The van der Waals surface area contributed by atoms with E-state index < -0.39 is 15.1 Å². The van der Waals surface area contributed by atoms with Crippen molar-refractivity contribution in [2.24, 2.45) is 0 Å². The smallest absolute Gasteiger partial charge is 0.287 e. The van der Waals surface area contributed by atoms with Crippen molar-refractivity contribution in [3.8, 4) is 0 Å². The molecule has 29 heavy (non-hydrogen) atoms. The lowest BCUT2D eigenvalue weighted by Crippen LogP contribution is -2.33. The molecular formula is C21H21ClN2O4S. The molecule has 1 N–H and O–H groups in total. The Morgan fingerprint density at radius 2 is 1.93 bits per heavy atom. The van der Waals surface area contributed by atoms with Gasteiger partial charge in [-0.15, -0.1) is 11.6 Å². The van der Waals surface area contributed by atoms with E-state index in [2.05, 4.69) is 10.3 Å². The normalized spacial score (nSPS) is 19.9. The molecule has 152 valence electrons. The molecule has 0 radical (unpaired) electrons. The van der Waals surface area contributed by atoms with Crippen LogP contribution in [-0.4, -0.2) is 29.9 Å². The number of halogens is 1. The topological polar surface area (TPSA) is 89.3 Å². The minimum absolute atomic E-state index is 0.206. The fourth-order valence-corrected chi connectivity index (χ4v) is 6.19. The fourth-order valence-electron chi connectivity index (χ4n) is 3.64. The number of rotatable bonds is 5. The largest absolute Gasteiger partial charge is 0.449 e. The number of carbonyl (C=O) groups excluding carboxylic acids is 1. The Bertz CT molecular complexity index is 1090. The summed E-state index contributed by atoms with van der Waals surface area (Å²) in [4.78, 5) is 16.6. The van der Waals surface area contributed by atoms with Crippen molar-refractivity contribution < 1.29 is 17.6 Å². The van der Waals surface area contributed by atoms with Gasteiger partial charge in [0.1, 0.15) is 0 Å². The summed E-state index contributed by atoms with van der Waals surface area (Å²) in [7, 11) is -3.46. The Kier molecular flexibility index (Phi) is 5.61. The maximum absolute atomic E-state index is 12.9. The Morgan fingerprint density at radius 3 is 2.66 bits per heavy atom. The Morgan fingerprint density at radius 1 is 1.17 bits per heavy atom. The minimum Gasteiger partial charge on any atom is -0.449 e. The first-order valence-corrected chi connectivity index (χ1v) is 11.5. The predicted octanol–water partition coefficient (Wildman–Crippen LogP) is 4.08. The second kappa shape index (κ2) is 8.16. The van der Waals surface area contributed by atoms with E-state index in [0.717, 1.165) is 30.2 Å². The average molecular weight is 433 g/mol. The summed E-state index contributed by atoms with van der Waals surface area (Å²) in [6, 6.07) is 10.0. The van der Waals surface area contributed by atoms with Crippen molar-refractivity contribution in [1.82, 2.24) is 10.3 Å². The van der Waals surface area contributed by atoms with Gasteiger partial charge < -0.3 is 9.73 Å². The van der Waals surface area contributed by atoms with Gasteiger partial charge in [-0.3, -0.25) is 9.78 Å². The van der Waals surface area contributed by atoms with Crippen LogP contribution in [0.4, 0.5) is 0 Å². The van der Waals surface area contributed by atoms with Crippen LogP contribution in [0.1, 0.15) is 41.8 Å². The minimum atomic E-state index is -3.46. The number of carbonyl (C=O) groups is 1. The highest BCUT2D eigenvalue weighted by molar-refractivity contribution is 7.92. The highest BCUT2D eigenvalue weighted by Gasteiger charge is 2.35. The molecule has 1 saturated carbocycles. The molecule has 1 aliphatic rings. The number of hydrogen-bond donors (Lipinski definition) is 1. The van der Waals surface area contributed by atoms with E-state index in [-0.39, 0.29) is 28.5 Å². The zero-order valence-corrected chi connectivity index (χ0v) is 17.2. The first-order chi connectivity index (χ1) is 13.9. The molecule has 0 spiro atoms. The van der Waals surface area contributed by atoms with E-state index in [0.29, 0.717) is 12.0 Å². The number of nitrogens with one attached hydrogen (secondary N) is 1. The van der Waals surface area contributed by atoms with Crippen molar-refractivity contribution in [1.29, 1.82) is 0 Å². The van der Waals surface area contributed by atoms with Gasteiger partial charge in [-0.1, -0.05) is 25.0 Å². The van der Waals surface area contributed by atoms with E-state index in [1.165, 1.54) is 0 Å². The molecule has 0 bridgehead atoms. The lowest BCUT2D eigenvalue weighted by molar-refractivity contribution is 0.0925. The second-order valence-corrected chi connectivity index (χ2v) is 9.96. The van der Waals surface area contributed by atoms with Crippen molar-refractivity contribution in [3.05, 3.63) is 60.1 Å². The van der Waals surface area contributed by atoms with Crippen LogP contribution in [0.5, 0.6) is 0 Å². The van der Waals surface area contributed by atoms with E-state index in [1.54, 1.807) is 48.8 Å². The molecule has 0 saturated heterocycles. The van der Waals surface area contributed by atoms with Crippen LogP contribution < -0.4 is 5.32 Å². The standard InChI is InChI=1S/C21H21ClN2O4S/c22-17-3-1-2-4-20(17)29(26,27)16-7-5-14(6-8-16)12-24-21(25)18-11-15-9-10-23-13-19(15)28-18/h5-11,13,17,20H,1-4,12H2,(H,24,25). The maximum Gasteiger partial charge on any atom is 0.287 e.